The second-order valence-corrected chi connectivity index (χ2v) is 6.24. The summed E-state index contributed by atoms with van der Waals surface area (Å²) in [7, 11) is 0. The van der Waals surface area contributed by atoms with Crippen molar-refractivity contribution in [3.63, 3.8) is 0 Å². The van der Waals surface area contributed by atoms with Crippen LogP contribution >= 0.6 is 0 Å². The lowest BCUT2D eigenvalue weighted by Gasteiger charge is -2.14. The van der Waals surface area contributed by atoms with Gasteiger partial charge in [0.1, 0.15) is 5.56 Å². The lowest BCUT2D eigenvalue weighted by molar-refractivity contribution is -0.703. The molecule has 1 heterocycles. The molecule has 2 aromatic carbocycles. The standard InChI is InChI=1S/C23H22N2O/c1-3-22(20-13-8-5-9-14-20)25-16-10-15-21(17-25)23(26)24-18(2)19-11-6-4-7-12-19/h3-18,22H,1H2,2H3/p+1/t18-,22?/m0/s1. The molecule has 1 unspecified atom stereocenters. The van der Waals surface area contributed by atoms with E-state index in [0.717, 1.165) is 11.1 Å². The Labute approximate surface area is 154 Å². The van der Waals surface area contributed by atoms with Crippen LogP contribution in [0.4, 0.5) is 0 Å². The van der Waals surface area contributed by atoms with Gasteiger partial charge in [0.15, 0.2) is 12.4 Å². The Hall–Kier alpha value is -3.20. The first-order valence-electron chi connectivity index (χ1n) is 8.73. The Kier molecular flexibility index (Phi) is 5.59. The van der Waals surface area contributed by atoms with E-state index in [1.807, 2.05) is 90.6 Å². The maximum atomic E-state index is 12.7. The summed E-state index contributed by atoms with van der Waals surface area (Å²) in [5.41, 5.74) is 2.83. The van der Waals surface area contributed by atoms with Crippen molar-refractivity contribution in [1.29, 1.82) is 0 Å². The topological polar surface area (TPSA) is 33.0 Å². The molecule has 3 nitrogen and oxygen atoms in total. The Morgan fingerprint density at radius 1 is 0.962 bits per heavy atom. The predicted molar refractivity (Wildman–Crippen MR) is 104 cm³/mol. The van der Waals surface area contributed by atoms with E-state index in [1.165, 1.54) is 0 Å². The van der Waals surface area contributed by atoms with Crippen molar-refractivity contribution >= 4 is 5.91 Å². The van der Waals surface area contributed by atoms with Crippen LogP contribution in [0.3, 0.4) is 0 Å². The maximum absolute atomic E-state index is 12.7. The molecule has 3 heteroatoms. The van der Waals surface area contributed by atoms with Crippen molar-refractivity contribution in [3.05, 3.63) is 115 Å². The van der Waals surface area contributed by atoms with E-state index in [4.69, 9.17) is 0 Å². The van der Waals surface area contributed by atoms with Crippen LogP contribution in [0.15, 0.2) is 97.8 Å². The van der Waals surface area contributed by atoms with E-state index in [-0.39, 0.29) is 18.0 Å². The van der Waals surface area contributed by atoms with Crippen molar-refractivity contribution < 1.29 is 9.36 Å². The number of nitrogens with one attached hydrogen (secondary N) is 1. The highest BCUT2D eigenvalue weighted by molar-refractivity contribution is 5.93. The summed E-state index contributed by atoms with van der Waals surface area (Å²) in [5, 5.41) is 3.06. The molecule has 0 radical (unpaired) electrons. The normalized spacial score (nSPS) is 12.8. The van der Waals surface area contributed by atoms with Crippen LogP contribution in [-0.2, 0) is 0 Å². The smallest absolute Gasteiger partial charge is 0.257 e. The van der Waals surface area contributed by atoms with Crippen molar-refractivity contribution in [2.45, 2.75) is 19.0 Å². The fourth-order valence-corrected chi connectivity index (χ4v) is 2.99. The van der Waals surface area contributed by atoms with Gasteiger partial charge in [-0.3, -0.25) is 4.79 Å². The minimum atomic E-state index is -0.0911. The minimum Gasteiger partial charge on any atom is -0.345 e. The zero-order valence-electron chi connectivity index (χ0n) is 14.9. The van der Waals surface area contributed by atoms with Gasteiger partial charge in [-0.05, 0) is 24.6 Å². The lowest BCUT2D eigenvalue weighted by Crippen LogP contribution is -2.40. The van der Waals surface area contributed by atoms with Gasteiger partial charge in [0, 0.05) is 11.6 Å². The molecule has 0 aliphatic heterocycles. The molecule has 26 heavy (non-hydrogen) atoms. The fraction of sp³-hybridized carbons (Fsp3) is 0.130. The summed E-state index contributed by atoms with van der Waals surface area (Å²) in [4.78, 5) is 12.7. The molecule has 1 N–H and O–H groups in total. The van der Waals surface area contributed by atoms with Gasteiger partial charge >= 0.3 is 0 Å². The van der Waals surface area contributed by atoms with Crippen molar-refractivity contribution in [1.82, 2.24) is 5.32 Å². The summed E-state index contributed by atoms with van der Waals surface area (Å²) in [6, 6.07) is 23.7. The molecule has 1 amide bonds. The van der Waals surface area contributed by atoms with Crippen LogP contribution in [0.1, 0.15) is 40.5 Å². The monoisotopic (exact) mass is 343 g/mol. The second-order valence-electron chi connectivity index (χ2n) is 6.24. The third kappa shape index (κ3) is 4.06. The number of amides is 1. The first kappa shape index (κ1) is 17.6. The van der Waals surface area contributed by atoms with E-state index in [9.17, 15) is 4.79 Å². The zero-order chi connectivity index (χ0) is 18.4. The average molecular weight is 343 g/mol. The van der Waals surface area contributed by atoms with Crippen LogP contribution in [0.25, 0.3) is 0 Å². The van der Waals surface area contributed by atoms with Gasteiger partial charge in [0.25, 0.3) is 5.91 Å². The molecule has 3 aromatic rings. The Morgan fingerprint density at radius 2 is 1.58 bits per heavy atom. The van der Waals surface area contributed by atoms with E-state index in [2.05, 4.69) is 24.0 Å². The number of aromatic nitrogens is 1. The van der Waals surface area contributed by atoms with Crippen molar-refractivity contribution in [2.75, 3.05) is 0 Å². The lowest BCUT2D eigenvalue weighted by atomic mass is 10.1. The van der Waals surface area contributed by atoms with Crippen LogP contribution in [-0.4, -0.2) is 5.91 Å². The molecule has 0 aliphatic carbocycles. The summed E-state index contributed by atoms with van der Waals surface area (Å²) in [6.07, 6.45) is 5.70. The molecule has 0 saturated heterocycles. The van der Waals surface area contributed by atoms with E-state index >= 15 is 0 Å². The highest BCUT2D eigenvalue weighted by Crippen LogP contribution is 2.14. The number of pyridine rings is 1. The number of benzene rings is 2. The SMILES string of the molecule is C=CC(c1ccccc1)[n+]1cccc(C(=O)N[C@@H](C)c2ccccc2)c1. The number of allylic oxidation sites excluding steroid dienone is 1. The van der Waals surface area contributed by atoms with Gasteiger partial charge in [-0.2, -0.15) is 4.57 Å². The quantitative estimate of drug-likeness (QED) is 0.527. The molecule has 3 rings (SSSR count). The number of hydrogen-bond donors (Lipinski definition) is 1. The third-order valence-corrected chi connectivity index (χ3v) is 4.42. The molecule has 0 saturated carbocycles. The summed E-state index contributed by atoms with van der Waals surface area (Å²) in [5.74, 6) is -0.0911. The molecule has 1 aromatic heterocycles. The fourth-order valence-electron chi connectivity index (χ4n) is 2.99. The third-order valence-electron chi connectivity index (χ3n) is 4.42. The molecule has 0 spiro atoms. The highest BCUT2D eigenvalue weighted by atomic mass is 16.1. The van der Waals surface area contributed by atoms with Gasteiger partial charge in [0.05, 0.1) is 6.04 Å². The number of nitrogens with zero attached hydrogens (tertiary/aromatic N) is 1. The summed E-state index contributed by atoms with van der Waals surface area (Å²) < 4.78 is 2.00. The van der Waals surface area contributed by atoms with Gasteiger partial charge in [-0.1, -0.05) is 67.2 Å². The van der Waals surface area contributed by atoms with Crippen LogP contribution < -0.4 is 9.88 Å². The zero-order valence-corrected chi connectivity index (χ0v) is 14.9. The highest BCUT2D eigenvalue weighted by Gasteiger charge is 2.20. The van der Waals surface area contributed by atoms with E-state index < -0.39 is 0 Å². The first-order valence-corrected chi connectivity index (χ1v) is 8.73. The van der Waals surface area contributed by atoms with Crippen LogP contribution in [0, 0.1) is 0 Å². The Balaban J connectivity index is 1.80. The predicted octanol–water partition coefficient (Wildman–Crippen LogP) is 4.24. The van der Waals surface area contributed by atoms with Crippen molar-refractivity contribution in [3.8, 4) is 0 Å². The van der Waals surface area contributed by atoms with Crippen LogP contribution in [0.2, 0.25) is 0 Å². The largest absolute Gasteiger partial charge is 0.345 e. The molecular weight excluding hydrogens is 320 g/mol. The molecule has 0 aliphatic rings. The number of hydrogen-bond acceptors (Lipinski definition) is 1. The average Bonchev–Trinajstić information content (AvgIpc) is 2.70. The number of rotatable bonds is 6. The molecule has 2 atom stereocenters. The van der Waals surface area contributed by atoms with Gasteiger partial charge < -0.3 is 5.32 Å². The second kappa shape index (κ2) is 8.26. The molecular formula is C23H23N2O+. The molecule has 130 valence electrons. The maximum Gasteiger partial charge on any atom is 0.257 e. The molecule has 0 bridgehead atoms. The van der Waals surface area contributed by atoms with E-state index in [1.54, 1.807) is 0 Å². The van der Waals surface area contributed by atoms with E-state index in [0.29, 0.717) is 5.56 Å². The van der Waals surface area contributed by atoms with Gasteiger partial charge in [-0.15, -0.1) is 0 Å². The summed E-state index contributed by atoms with van der Waals surface area (Å²) >= 11 is 0. The number of carbonyl (C=O) groups is 1. The minimum absolute atomic E-state index is 0.0181. The van der Waals surface area contributed by atoms with Crippen molar-refractivity contribution in [2.24, 2.45) is 0 Å². The summed E-state index contributed by atoms with van der Waals surface area (Å²) in [6.45, 7) is 5.94. The number of carbonyl (C=O) groups excluding carboxylic acids is 1. The Bertz CT molecular complexity index is 875. The van der Waals surface area contributed by atoms with Gasteiger partial charge in [-0.25, -0.2) is 0 Å². The molecule has 0 fully saturated rings. The van der Waals surface area contributed by atoms with Crippen LogP contribution in [0.5, 0.6) is 0 Å². The Morgan fingerprint density at radius 3 is 2.19 bits per heavy atom. The van der Waals surface area contributed by atoms with Gasteiger partial charge in [0.2, 0.25) is 6.04 Å². The first-order chi connectivity index (χ1) is 12.7.